The van der Waals surface area contributed by atoms with Crippen molar-refractivity contribution in [2.75, 3.05) is 5.73 Å². The molecule has 1 aliphatic rings. The summed E-state index contributed by atoms with van der Waals surface area (Å²) in [5.74, 6) is 0.138. The van der Waals surface area contributed by atoms with Crippen LogP contribution in [0.15, 0.2) is 6.33 Å². The summed E-state index contributed by atoms with van der Waals surface area (Å²) in [7, 11) is 0. The first-order valence-electron chi connectivity index (χ1n) is 4.02. The van der Waals surface area contributed by atoms with E-state index in [4.69, 9.17) is 5.73 Å². The highest BCUT2D eigenvalue weighted by Gasteiger charge is 2.24. The molecule has 0 saturated heterocycles. The van der Waals surface area contributed by atoms with E-state index >= 15 is 0 Å². The molecule has 1 saturated carbocycles. The first-order chi connectivity index (χ1) is 5.77. The SMILES string of the molecule is Nc1ncnc(CC2CC2)c1F. The minimum atomic E-state index is -0.440. The molecule has 0 unspecified atom stereocenters. The molecule has 1 aliphatic carbocycles. The Bertz CT molecular complexity index is 296. The zero-order valence-electron chi connectivity index (χ0n) is 6.63. The molecule has 0 atom stereocenters. The van der Waals surface area contributed by atoms with Crippen LogP contribution in [0.2, 0.25) is 0 Å². The zero-order valence-corrected chi connectivity index (χ0v) is 6.63. The fourth-order valence-corrected chi connectivity index (χ4v) is 1.16. The molecule has 4 heteroatoms. The van der Waals surface area contributed by atoms with Crippen LogP contribution in [0.1, 0.15) is 18.5 Å². The third kappa shape index (κ3) is 1.37. The predicted molar refractivity (Wildman–Crippen MR) is 42.8 cm³/mol. The quantitative estimate of drug-likeness (QED) is 0.718. The maximum Gasteiger partial charge on any atom is 0.186 e. The topological polar surface area (TPSA) is 51.8 Å². The second kappa shape index (κ2) is 2.69. The van der Waals surface area contributed by atoms with E-state index in [9.17, 15) is 4.39 Å². The average Bonchev–Trinajstić information content (AvgIpc) is 2.83. The van der Waals surface area contributed by atoms with Gasteiger partial charge in [-0.15, -0.1) is 0 Å². The van der Waals surface area contributed by atoms with Gasteiger partial charge in [-0.05, 0) is 25.2 Å². The molecule has 0 bridgehead atoms. The van der Waals surface area contributed by atoms with Crippen molar-refractivity contribution in [2.45, 2.75) is 19.3 Å². The Morgan fingerprint density at radius 2 is 2.25 bits per heavy atom. The fourth-order valence-electron chi connectivity index (χ4n) is 1.16. The summed E-state index contributed by atoms with van der Waals surface area (Å²) in [6.45, 7) is 0. The van der Waals surface area contributed by atoms with Crippen LogP contribution in [0.5, 0.6) is 0 Å². The number of nitrogen functional groups attached to an aromatic ring is 1. The van der Waals surface area contributed by atoms with Gasteiger partial charge in [-0.25, -0.2) is 14.4 Å². The summed E-state index contributed by atoms with van der Waals surface area (Å²) >= 11 is 0. The number of nitrogens with zero attached hydrogens (tertiary/aromatic N) is 2. The van der Waals surface area contributed by atoms with Crippen LogP contribution in [0.25, 0.3) is 0 Å². The van der Waals surface area contributed by atoms with Crippen LogP contribution >= 0.6 is 0 Å². The zero-order chi connectivity index (χ0) is 8.55. The lowest BCUT2D eigenvalue weighted by Crippen LogP contribution is -2.03. The Labute approximate surface area is 69.8 Å². The van der Waals surface area contributed by atoms with Gasteiger partial charge in [-0.3, -0.25) is 0 Å². The third-order valence-corrected chi connectivity index (χ3v) is 2.07. The smallest absolute Gasteiger partial charge is 0.186 e. The molecule has 0 radical (unpaired) electrons. The first kappa shape index (κ1) is 7.46. The summed E-state index contributed by atoms with van der Waals surface area (Å²) in [5.41, 5.74) is 5.75. The van der Waals surface area contributed by atoms with Gasteiger partial charge < -0.3 is 5.73 Å². The van der Waals surface area contributed by atoms with Crippen LogP contribution in [0.3, 0.4) is 0 Å². The van der Waals surface area contributed by atoms with Crippen molar-refractivity contribution in [3.63, 3.8) is 0 Å². The second-order valence-corrected chi connectivity index (χ2v) is 3.17. The third-order valence-electron chi connectivity index (χ3n) is 2.07. The maximum absolute atomic E-state index is 13.1. The molecule has 1 aromatic rings. The lowest BCUT2D eigenvalue weighted by Gasteiger charge is -2.00. The molecular formula is C8H10FN3. The van der Waals surface area contributed by atoms with Crippen LogP contribution in [-0.2, 0) is 6.42 Å². The van der Waals surface area contributed by atoms with Gasteiger partial charge in [0.2, 0.25) is 0 Å². The van der Waals surface area contributed by atoms with E-state index in [1.54, 1.807) is 0 Å². The van der Waals surface area contributed by atoms with Crippen molar-refractivity contribution in [1.82, 2.24) is 9.97 Å². The van der Waals surface area contributed by atoms with E-state index in [0.717, 1.165) is 0 Å². The molecule has 12 heavy (non-hydrogen) atoms. The van der Waals surface area contributed by atoms with Crippen LogP contribution in [-0.4, -0.2) is 9.97 Å². The number of rotatable bonds is 2. The van der Waals surface area contributed by atoms with E-state index in [-0.39, 0.29) is 5.82 Å². The Morgan fingerprint density at radius 3 is 2.92 bits per heavy atom. The van der Waals surface area contributed by atoms with E-state index in [2.05, 4.69) is 9.97 Å². The van der Waals surface area contributed by atoms with Gasteiger partial charge in [0.05, 0.1) is 5.69 Å². The van der Waals surface area contributed by atoms with E-state index < -0.39 is 5.82 Å². The number of hydrogen-bond acceptors (Lipinski definition) is 3. The molecule has 0 amide bonds. The van der Waals surface area contributed by atoms with E-state index in [1.165, 1.54) is 19.2 Å². The maximum atomic E-state index is 13.1. The summed E-state index contributed by atoms with van der Waals surface area (Å²) < 4.78 is 13.1. The van der Waals surface area contributed by atoms with Crippen molar-refractivity contribution < 1.29 is 4.39 Å². The van der Waals surface area contributed by atoms with Crippen LogP contribution in [0.4, 0.5) is 10.2 Å². The molecule has 1 fully saturated rings. The van der Waals surface area contributed by atoms with Gasteiger partial charge in [0.1, 0.15) is 6.33 Å². The van der Waals surface area contributed by atoms with Crippen molar-refractivity contribution in [1.29, 1.82) is 0 Å². The normalized spacial score (nSPS) is 16.4. The van der Waals surface area contributed by atoms with Gasteiger partial charge in [-0.1, -0.05) is 0 Å². The number of anilines is 1. The molecular weight excluding hydrogens is 157 g/mol. The molecule has 0 spiro atoms. The number of aromatic nitrogens is 2. The van der Waals surface area contributed by atoms with Gasteiger partial charge in [0.15, 0.2) is 11.6 Å². The van der Waals surface area contributed by atoms with E-state index in [0.29, 0.717) is 18.0 Å². The summed E-state index contributed by atoms with van der Waals surface area (Å²) in [4.78, 5) is 7.41. The first-order valence-corrected chi connectivity index (χ1v) is 4.02. The Hall–Kier alpha value is -1.19. The standard InChI is InChI=1S/C8H10FN3/c9-7-6(3-5-1-2-5)11-4-12-8(7)10/h4-5H,1-3H2,(H2,10,11,12). The molecule has 0 aromatic carbocycles. The number of hydrogen-bond donors (Lipinski definition) is 1. The van der Waals surface area contributed by atoms with Crippen LogP contribution in [0, 0.1) is 11.7 Å². The molecule has 64 valence electrons. The summed E-state index contributed by atoms with van der Waals surface area (Å²) in [6, 6.07) is 0. The Kier molecular flexibility index (Phi) is 1.67. The lowest BCUT2D eigenvalue weighted by molar-refractivity contribution is 0.587. The molecule has 1 heterocycles. The monoisotopic (exact) mass is 167 g/mol. The second-order valence-electron chi connectivity index (χ2n) is 3.17. The van der Waals surface area contributed by atoms with Gasteiger partial charge in [0, 0.05) is 0 Å². The Balaban J connectivity index is 2.23. The largest absolute Gasteiger partial charge is 0.381 e. The summed E-state index contributed by atoms with van der Waals surface area (Å²) in [6.07, 6.45) is 4.39. The van der Waals surface area contributed by atoms with Crippen molar-refractivity contribution in [3.8, 4) is 0 Å². The predicted octanol–water partition coefficient (Wildman–Crippen LogP) is 1.15. The fraction of sp³-hybridized carbons (Fsp3) is 0.500. The highest BCUT2D eigenvalue weighted by atomic mass is 19.1. The van der Waals surface area contributed by atoms with Gasteiger partial charge in [-0.2, -0.15) is 0 Å². The molecule has 0 aliphatic heterocycles. The van der Waals surface area contributed by atoms with Crippen molar-refractivity contribution >= 4 is 5.82 Å². The lowest BCUT2D eigenvalue weighted by atomic mass is 10.2. The highest BCUT2D eigenvalue weighted by Crippen LogP contribution is 2.32. The van der Waals surface area contributed by atoms with Gasteiger partial charge >= 0.3 is 0 Å². The molecule has 1 aromatic heterocycles. The molecule has 2 rings (SSSR count). The Morgan fingerprint density at radius 1 is 1.50 bits per heavy atom. The van der Waals surface area contributed by atoms with Gasteiger partial charge in [0.25, 0.3) is 0 Å². The number of halogens is 1. The van der Waals surface area contributed by atoms with E-state index in [1.807, 2.05) is 0 Å². The van der Waals surface area contributed by atoms with Crippen molar-refractivity contribution in [2.24, 2.45) is 5.92 Å². The summed E-state index contributed by atoms with van der Waals surface area (Å²) in [5, 5.41) is 0. The molecule has 2 N–H and O–H groups in total. The average molecular weight is 167 g/mol. The van der Waals surface area contributed by atoms with Crippen molar-refractivity contribution in [3.05, 3.63) is 17.8 Å². The van der Waals surface area contributed by atoms with Crippen LogP contribution < -0.4 is 5.73 Å². The molecule has 3 nitrogen and oxygen atoms in total. The number of nitrogens with two attached hydrogens (primary N) is 1. The highest BCUT2D eigenvalue weighted by molar-refractivity contribution is 5.31. The minimum Gasteiger partial charge on any atom is -0.381 e. The minimum absolute atomic E-state index is 0.0411.